The zero-order valence-corrected chi connectivity index (χ0v) is 16.1. The Hall–Kier alpha value is -2.42. The molecule has 0 spiro atoms. The van der Waals surface area contributed by atoms with Crippen molar-refractivity contribution in [1.82, 2.24) is 14.8 Å². The normalized spacial score (nSPS) is 14.9. The predicted molar refractivity (Wildman–Crippen MR) is 104 cm³/mol. The average Bonchev–Trinajstić information content (AvgIpc) is 3.10. The van der Waals surface area contributed by atoms with Crippen LogP contribution in [0.25, 0.3) is 0 Å². The maximum atomic E-state index is 12.2. The van der Waals surface area contributed by atoms with Gasteiger partial charge < -0.3 is 9.88 Å². The van der Waals surface area contributed by atoms with Gasteiger partial charge in [0.15, 0.2) is 5.16 Å². The van der Waals surface area contributed by atoms with Gasteiger partial charge in [-0.2, -0.15) is 0 Å². The second kappa shape index (κ2) is 8.98. The second-order valence-corrected chi connectivity index (χ2v) is 7.51. The van der Waals surface area contributed by atoms with Crippen LogP contribution in [0.3, 0.4) is 0 Å². The summed E-state index contributed by atoms with van der Waals surface area (Å²) in [5.41, 5.74) is 0.359. The third kappa shape index (κ3) is 4.85. The molecule has 1 heterocycles. The Morgan fingerprint density at radius 1 is 1.33 bits per heavy atom. The first-order chi connectivity index (χ1) is 13.1. The lowest BCUT2D eigenvalue weighted by Crippen LogP contribution is -2.15. The van der Waals surface area contributed by atoms with E-state index in [1.807, 2.05) is 0 Å². The quantitative estimate of drug-likeness (QED) is 0.436. The smallest absolute Gasteiger partial charge is 0.271 e. The summed E-state index contributed by atoms with van der Waals surface area (Å²) in [6.45, 7) is 2.83. The number of nitrogens with zero attached hydrogens (tertiary/aromatic N) is 4. The minimum atomic E-state index is -0.485. The van der Waals surface area contributed by atoms with Gasteiger partial charge in [-0.1, -0.05) is 37.1 Å². The van der Waals surface area contributed by atoms with E-state index in [-0.39, 0.29) is 17.3 Å². The van der Waals surface area contributed by atoms with Gasteiger partial charge in [-0.25, -0.2) is 0 Å². The van der Waals surface area contributed by atoms with Gasteiger partial charge in [-0.15, -0.1) is 10.2 Å². The van der Waals surface area contributed by atoms with Gasteiger partial charge >= 0.3 is 0 Å². The molecule has 0 aliphatic heterocycles. The Morgan fingerprint density at radius 3 is 2.81 bits per heavy atom. The van der Waals surface area contributed by atoms with Crippen LogP contribution in [0.5, 0.6) is 0 Å². The maximum Gasteiger partial charge on any atom is 0.271 e. The van der Waals surface area contributed by atoms with Crippen LogP contribution in [0.15, 0.2) is 29.4 Å². The van der Waals surface area contributed by atoms with E-state index >= 15 is 0 Å². The van der Waals surface area contributed by atoms with Crippen molar-refractivity contribution >= 4 is 29.0 Å². The highest BCUT2D eigenvalue weighted by Gasteiger charge is 2.23. The van der Waals surface area contributed by atoms with Crippen molar-refractivity contribution in [3.05, 3.63) is 40.2 Å². The molecule has 9 heteroatoms. The molecule has 0 saturated heterocycles. The number of aromatic nitrogens is 3. The van der Waals surface area contributed by atoms with Crippen molar-refractivity contribution in [3.63, 3.8) is 0 Å². The summed E-state index contributed by atoms with van der Waals surface area (Å²) in [4.78, 5) is 22.6. The van der Waals surface area contributed by atoms with E-state index in [0.29, 0.717) is 11.6 Å². The SMILES string of the molecule is CCn1c(SCC(=O)Nc2cccc([N+](=O)[O-])c2)nnc1C1CCCCC1. The lowest BCUT2D eigenvalue weighted by Gasteiger charge is -2.21. The molecule has 1 aliphatic carbocycles. The van der Waals surface area contributed by atoms with E-state index in [1.54, 1.807) is 12.1 Å². The van der Waals surface area contributed by atoms with Crippen molar-refractivity contribution in [1.29, 1.82) is 0 Å². The molecular weight excluding hydrogens is 366 g/mol. The Balaban J connectivity index is 1.61. The number of nitrogens with one attached hydrogen (secondary N) is 1. The van der Waals surface area contributed by atoms with Crippen molar-refractivity contribution in [2.24, 2.45) is 0 Å². The molecule has 1 aromatic heterocycles. The van der Waals surface area contributed by atoms with Gasteiger partial charge in [-0.05, 0) is 25.8 Å². The number of carbonyl (C=O) groups excluding carboxylic acids is 1. The van der Waals surface area contributed by atoms with Crippen LogP contribution >= 0.6 is 11.8 Å². The van der Waals surface area contributed by atoms with E-state index in [4.69, 9.17) is 0 Å². The summed E-state index contributed by atoms with van der Waals surface area (Å²) >= 11 is 1.34. The van der Waals surface area contributed by atoms with Gasteiger partial charge in [0.05, 0.1) is 10.7 Å². The maximum absolute atomic E-state index is 12.2. The standard InChI is InChI=1S/C18H23N5O3S/c1-2-22-17(13-7-4-3-5-8-13)20-21-18(22)27-12-16(24)19-14-9-6-10-15(11-14)23(25)26/h6,9-11,13H,2-5,7-8,12H2,1H3,(H,19,24). The van der Waals surface area contributed by atoms with Crippen molar-refractivity contribution in [2.45, 2.75) is 56.6 Å². The number of carbonyl (C=O) groups is 1. The summed E-state index contributed by atoms with van der Waals surface area (Å²) in [5.74, 6) is 1.43. The van der Waals surface area contributed by atoms with E-state index in [2.05, 4.69) is 27.0 Å². The van der Waals surface area contributed by atoms with Gasteiger partial charge in [0.25, 0.3) is 5.69 Å². The lowest BCUT2D eigenvalue weighted by atomic mass is 9.89. The number of hydrogen-bond donors (Lipinski definition) is 1. The summed E-state index contributed by atoms with van der Waals surface area (Å²) in [7, 11) is 0. The fraction of sp³-hybridized carbons (Fsp3) is 0.500. The number of nitro groups is 1. The minimum absolute atomic E-state index is 0.0525. The van der Waals surface area contributed by atoms with Gasteiger partial charge in [0.1, 0.15) is 5.82 Å². The van der Waals surface area contributed by atoms with Crippen molar-refractivity contribution in [2.75, 3.05) is 11.1 Å². The second-order valence-electron chi connectivity index (χ2n) is 6.56. The van der Waals surface area contributed by atoms with Crippen LogP contribution in [-0.2, 0) is 11.3 Å². The van der Waals surface area contributed by atoms with Crippen LogP contribution < -0.4 is 5.32 Å². The molecule has 0 unspecified atom stereocenters. The Morgan fingerprint density at radius 2 is 2.11 bits per heavy atom. The molecule has 1 aliphatic rings. The molecule has 0 radical (unpaired) electrons. The third-order valence-corrected chi connectivity index (χ3v) is 5.67. The predicted octanol–water partition coefficient (Wildman–Crippen LogP) is 3.98. The monoisotopic (exact) mass is 389 g/mol. The first kappa shape index (κ1) is 19.3. The Kier molecular flexibility index (Phi) is 6.44. The highest BCUT2D eigenvalue weighted by atomic mass is 32.2. The van der Waals surface area contributed by atoms with Crippen LogP contribution in [0.2, 0.25) is 0 Å². The molecular formula is C18H23N5O3S. The summed E-state index contributed by atoms with van der Waals surface area (Å²) in [5, 5.41) is 22.9. The van der Waals surface area contributed by atoms with Crippen LogP contribution in [0.4, 0.5) is 11.4 Å². The number of nitro benzene ring substituents is 1. The van der Waals surface area contributed by atoms with Crippen molar-refractivity contribution < 1.29 is 9.72 Å². The van der Waals surface area contributed by atoms with Gasteiger partial charge in [0, 0.05) is 30.3 Å². The molecule has 8 nitrogen and oxygen atoms in total. The number of non-ortho nitro benzene ring substituents is 1. The fourth-order valence-electron chi connectivity index (χ4n) is 3.39. The van der Waals surface area contributed by atoms with E-state index in [9.17, 15) is 14.9 Å². The third-order valence-electron chi connectivity index (χ3n) is 4.71. The van der Waals surface area contributed by atoms with Crippen LogP contribution in [0.1, 0.15) is 50.8 Å². The van der Waals surface area contributed by atoms with Crippen LogP contribution in [-0.4, -0.2) is 31.3 Å². The first-order valence-electron chi connectivity index (χ1n) is 9.18. The van der Waals surface area contributed by atoms with Gasteiger partial charge in [0.2, 0.25) is 5.91 Å². The highest BCUT2D eigenvalue weighted by molar-refractivity contribution is 7.99. The molecule has 1 amide bonds. The molecule has 1 N–H and O–H groups in total. The fourth-order valence-corrected chi connectivity index (χ4v) is 4.20. The summed E-state index contributed by atoms with van der Waals surface area (Å²) in [6, 6.07) is 5.91. The highest BCUT2D eigenvalue weighted by Crippen LogP contribution is 2.33. The Labute approximate surface area is 161 Å². The zero-order valence-electron chi connectivity index (χ0n) is 15.3. The summed E-state index contributed by atoms with van der Waals surface area (Å²) < 4.78 is 2.10. The summed E-state index contributed by atoms with van der Waals surface area (Å²) in [6.07, 6.45) is 6.05. The van der Waals surface area contributed by atoms with E-state index in [0.717, 1.165) is 30.4 Å². The number of benzene rings is 1. The number of anilines is 1. The topological polar surface area (TPSA) is 103 Å². The largest absolute Gasteiger partial charge is 0.325 e. The molecule has 1 saturated carbocycles. The minimum Gasteiger partial charge on any atom is -0.325 e. The van der Waals surface area contributed by atoms with Crippen molar-refractivity contribution in [3.8, 4) is 0 Å². The lowest BCUT2D eigenvalue weighted by molar-refractivity contribution is -0.384. The molecule has 27 heavy (non-hydrogen) atoms. The molecule has 1 aromatic carbocycles. The first-order valence-corrected chi connectivity index (χ1v) is 10.2. The number of amides is 1. The molecule has 3 rings (SSSR count). The molecule has 2 aromatic rings. The number of rotatable bonds is 7. The Bertz CT molecular complexity index is 817. The molecule has 144 valence electrons. The van der Waals surface area contributed by atoms with Crippen LogP contribution in [0, 0.1) is 10.1 Å². The number of thioether (sulfide) groups is 1. The van der Waals surface area contributed by atoms with E-state index in [1.165, 1.54) is 43.2 Å². The van der Waals surface area contributed by atoms with E-state index < -0.39 is 4.92 Å². The molecule has 0 bridgehead atoms. The number of hydrogen-bond acceptors (Lipinski definition) is 6. The average molecular weight is 389 g/mol. The molecule has 0 atom stereocenters. The zero-order chi connectivity index (χ0) is 19.2. The molecule has 1 fully saturated rings. The van der Waals surface area contributed by atoms with Gasteiger partial charge in [-0.3, -0.25) is 14.9 Å².